The minimum absolute atomic E-state index is 0.0246. The maximum absolute atomic E-state index is 12.5. The zero-order valence-electron chi connectivity index (χ0n) is 11.3. The molecule has 0 saturated carbocycles. The molecule has 0 atom stereocenters. The summed E-state index contributed by atoms with van der Waals surface area (Å²) in [6.45, 7) is 0. The predicted octanol–water partition coefficient (Wildman–Crippen LogP) is 1.48. The quantitative estimate of drug-likeness (QED) is 0.392. The van der Waals surface area contributed by atoms with Gasteiger partial charge in [0.2, 0.25) is 0 Å². The Balaban J connectivity index is 2.40. The monoisotopic (exact) mass is 382 g/mol. The van der Waals surface area contributed by atoms with Crippen LogP contribution in [0.1, 0.15) is 0 Å². The third kappa shape index (κ3) is 2.44. The Kier molecular flexibility index (Phi) is 3.55. The van der Waals surface area contributed by atoms with Crippen LogP contribution < -0.4 is 9.25 Å². The van der Waals surface area contributed by atoms with E-state index in [-0.39, 0.29) is 39.5 Å². The fraction of sp³-hybridized carbons (Fsp3) is 0. The fourth-order valence-electron chi connectivity index (χ4n) is 2.21. The normalized spacial score (nSPS) is 10.8. The van der Waals surface area contributed by atoms with Crippen LogP contribution in [0.5, 0.6) is 28.7 Å². The molecule has 0 spiro atoms. The van der Waals surface area contributed by atoms with E-state index in [2.05, 4.69) is 0 Å². The van der Waals surface area contributed by atoms with E-state index in [0.717, 1.165) is 6.07 Å². The van der Waals surface area contributed by atoms with Gasteiger partial charge in [-0.3, -0.25) is 0 Å². The zero-order chi connectivity index (χ0) is 16.7. The summed E-state index contributed by atoms with van der Waals surface area (Å²) in [7, 11) is 0. The van der Waals surface area contributed by atoms with Crippen molar-refractivity contribution in [3.8, 4) is 40.1 Å². The van der Waals surface area contributed by atoms with Crippen LogP contribution in [0.3, 0.4) is 0 Å². The van der Waals surface area contributed by atoms with Gasteiger partial charge in [0.1, 0.15) is 0 Å². The van der Waals surface area contributed by atoms with Gasteiger partial charge in [-0.25, -0.2) is 0 Å². The molecule has 0 saturated heterocycles. The fourth-order valence-corrected chi connectivity index (χ4v) is 2.55. The second-order valence-electron chi connectivity index (χ2n) is 4.72. The van der Waals surface area contributed by atoms with Crippen molar-refractivity contribution in [3.05, 3.63) is 40.6 Å². The predicted molar refractivity (Wildman–Crippen MR) is 82.4 cm³/mol. The molecule has 0 amide bonds. The molecule has 4 N–H and O–H groups in total. The molecule has 8 heteroatoms. The van der Waals surface area contributed by atoms with Gasteiger partial charge >= 0.3 is 137 Å². The summed E-state index contributed by atoms with van der Waals surface area (Å²) in [5, 5.41) is 38.2. The Hall–Kier alpha value is -2.83. The Morgan fingerprint density at radius 1 is 0.957 bits per heavy atom. The second-order valence-corrected chi connectivity index (χ2v) is 5.11. The Morgan fingerprint density at radius 2 is 1.70 bits per heavy atom. The standard InChI is InChI=1S/C15H10O7Se/c16-7-4-10(19)12-11(5-7)21-14(15(22-23)13(12)20)6-1-2-8(17)9(18)3-6/h1-5,16-19,23H. The third-order valence-electron chi connectivity index (χ3n) is 3.25. The van der Waals surface area contributed by atoms with E-state index in [1.165, 1.54) is 24.3 Å². The van der Waals surface area contributed by atoms with Crippen LogP contribution in [0.2, 0.25) is 0 Å². The van der Waals surface area contributed by atoms with Gasteiger partial charge in [0.25, 0.3) is 0 Å². The Bertz CT molecular complexity index is 978. The van der Waals surface area contributed by atoms with E-state index in [1.807, 2.05) is 0 Å². The first kappa shape index (κ1) is 15.1. The van der Waals surface area contributed by atoms with Crippen LogP contribution in [0.25, 0.3) is 22.3 Å². The number of phenols is 4. The topological polar surface area (TPSA) is 120 Å². The molecular weight excluding hydrogens is 371 g/mol. The maximum atomic E-state index is 12.5. The molecule has 7 nitrogen and oxygen atoms in total. The SMILES string of the molecule is O=c1c(O[SeH])c(-c2ccc(O)c(O)c2)oc2cc(O)cc(O)c12. The van der Waals surface area contributed by atoms with Crippen molar-refractivity contribution in [2.24, 2.45) is 0 Å². The van der Waals surface area contributed by atoms with Crippen molar-refractivity contribution in [2.45, 2.75) is 0 Å². The number of benzene rings is 2. The van der Waals surface area contributed by atoms with Crippen LogP contribution >= 0.6 is 0 Å². The summed E-state index contributed by atoms with van der Waals surface area (Å²) in [5.74, 6) is -1.69. The van der Waals surface area contributed by atoms with E-state index in [0.29, 0.717) is 0 Å². The van der Waals surface area contributed by atoms with Gasteiger partial charge in [0.05, 0.1) is 0 Å². The molecule has 0 unspecified atom stereocenters. The van der Waals surface area contributed by atoms with E-state index in [4.69, 9.17) is 8.24 Å². The molecule has 0 aliphatic rings. The van der Waals surface area contributed by atoms with E-state index < -0.39 is 16.9 Å². The van der Waals surface area contributed by atoms with Gasteiger partial charge in [-0.2, -0.15) is 0 Å². The number of fused-ring (bicyclic) bond motifs is 1. The average Bonchev–Trinajstić information content (AvgIpc) is 2.49. The number of phenolic OH excluding ortho intramolecular Hbond substituents is 4. The van der Waals surface area contributed by atoms with Crippen molar-refractivity contribution >= 4 is 27.3 Å². The summed E-state index contributed by atoms with van der Waals surface area (Å²) in [4.78, 5) is 12.5. The van der Waals surface area contributed by atoms with Crippen molar-refractivity contribution in [2.75, 3.05) is 0 Å². The van der Waals surface area contributed by atoms with Crippen molar-refractivity contribution < 1.29 is 28.7 Å². The van der Waals surface area contributed by atoms with Crippen LogP contribution in [0.4, 0.5) is 0 Å². The summed E-state index contributed by atoms with van der Waals surface area (Å²) in [6.07, 6.45) is 0. The van der Waals surface area contributed by atoms with E-state index >= 15 is 0 Å². The molecule has 3 aromatic rings. The average molecular weight is 381 g/mol. The van der Waals surface area contributed by atoms with Crippen LogP contribution in [0, 0.1) is 0 Å². The number of hydrogen-bond acceptors (Lipinski definition) is 7. The first-order valence-corrected chi connectivity index (χ1v) is 7.05. The van der Waals surface area contributed by atoms with Gasteiger partial charge < -0.3 is 0 Å². The summed E-state index contributed by atoms with van der Waals surface area (Å²) in [6, 6.07) is 6.02. The van der Waals surface area contributed by atoms with Gasteiger partial charge in [0, 0.05) is 0 Å². The molecule has 1 aromatic heterocycles. The van der Waals surface area contributed by atoms with Crippen molar-refractivity contribution in [3.63, 3.8) is 0 Å². The minimum atomic E-state index is -0.646. The molecule has 0 radical (unpaired) electrons. The number of hydrogen-bond donors (Lipinski definition) is 4. The zero-order valence-corrected chi connectivity index (χ0v) is 13.2. The molecule has 0 fully saturated rings. The molecule has 118 valence electrons. The van der Waals surface area contributed by atoms with E-state index in [1.54, 1.807) is 16.3 Å². The molecule has 0 aliphatic carbocycles. The van der Waals surface area contributed by atoms with Crippen LogP contribution in [-0.2, 0) is 0 Å². The third-order valence-corrected chi connectivity index (χ3v) is 3.63. The number of aromatic hydroxyl groups is 4. The first-order valence-electron chi connectivity index (χ1n) is 6.29. The van der Waals surface area contributed by atoms with Crippen molar-refractivity contribution in [1.82, 2.24) is 0 Å². The van der Waals surface area contributed by atoms with Crippen LogP contribution in [0.15, 0.2) is 39.5 Å². The van der Waals surface area contributed by atoms with Gasteiger partial charge in [-0.1, -0.05) is 0 Å². The van der Waals surface area contributed by atoms with Crippen LogP contribution in [-0.4, -0.2) is 36.8 Å². The molecule has 2 aromatic carbocycles. The van der Waals surface area contributed by atoms with Gasteiger partial charge in [-0.15, -0.1) is 0 Å². The van der Waals surface area contributed by atoms with Gasteiger partial charge in [0.15, 0.2) is 0 Å². The summed E-state index contributed by atoms with van der Waals surface area (Å²) >= 11 is 1.75. The molecule has 1 heterocycles. The Labute approximate surface area is 137 Å². The summed E-state index contributed by atoms with van der Waals surface area (Å²) < 4.78 is 10.6. The first-order chi connectivity index (χ1) is 10.9. The van der Waals surface area contributed by atoms with Crippen molar-refractivity contribution in [1.29, 1.82) is 0 Å². The van der Waals surface area contributed by atoms with Gasteiger partial charge in [-0.05, 0) is 0 Å². The molecule has 0 bridgehead atoms. The molecule has 23 heavy (non-hydrogen) atoms. The number of rotatable bonds is 2. The van der Waals surface area contributed by atoms with E-state index in [9.17, 15) is 25.2 Å². The molecule has 3 rings (SSSR count). The molecule has 0 aliphatic heterocycles. The Morgan fingerprint density at radius 3 is 2.35 bits per heavy atom. The molecular formula is C15H10O7Se. The second kappa shape index (κ2) is 5.42. The summed E-state index contributed by atoms with van der Waals surface area (Å²) in [5.41, 5.74) is -0.432.